The number of hydrogen-bond donors (Lipinski definition) is 0. The van der Waals surface area contributed by atoms with Crippen LogP contribution in [-0.2, 0) is 9.47 Å². The number of fused-ring (bicyclic) bond motifs is 1. The third kappa shape index (κ3) is 3.49. The molecular weight excluding hydrogens is 412 g/mol. The quantitative estimate of drug-likeness (QED) is 0.426. The van der Waals surface area contributed by atoms with Gasteiger partial charge in [0.15, 0.2) is 11.4 Å². The highest BCUT2D eigenvalue weighted by molar-refractivity contribution is 5.98. The zero-order chi connectivity index (χ0) is 22.8. The van der Waals surface area contributed by atoms with Gasteiger partial charge in [-0.1, -0.05) is 34.7 Å². The molecule has 0 amide bonds. The van der Waals surface area contributed by atoms with Gasteiger partial charge < -0.3 is 9.47 Å². The van der Waals surface area contributed by atoms with E-state index in [9.17, 15) is 9.59 Å². The summed E-state index contributed by atoms with van der Waals surface area (Å²) < 4.78 is 13.3. The average molecular weight is 434 g/mol. The number of esters is 2. The predicted octanol–water partition coefficient (Wildman–Crippen LogP) is 2.97. The highest BCUT2D eigenvalue weighted by atomic mass is 16.5. The molecule has 0 spiro atoms. The van der Waals surface area contributed by atoms with Gasteiger partial charge in [-0.25, -0.2) is 19.0 Å². The molecule has 0 radical (unpaired) electrons. The van der Waals surface area contributed by atoms with Crippen LogP contribution >= 0.6 is 0 Å². The van der Waals surface area contributed by atoms with Crippen LogP contribution in [0.3, 0.4) is 0 Å². The van der Waals surface area contributed by atoms with Crippen molar-refractivity contribution >= 4 is 22.7 Å². The van der Waals surface area contributed by atoms with Crippen LogP contribution in [0.25, 0.3) is 22.1 Å². The Hall–Kier alpha value is -4.08. The molecule has 4 rings (SSSR count). The first-order valence-electron chi connectivity index (χ1n) is 10.2. The lowest BCUT2D eigenvalue weighted by Gasteiger charge is -2.13. The van der Waals surface area contributed by atoms with Gasteiger partial charge in [0.2, 0.25) is 0 Å². The van der Waals surface area contributed by atoms with Gasteiger partial charge >= 0.3 is 11.9 Å². The molecule has 4 aromatic rings. The molecule has 0 unspecified atom stereocenters. The van der Waals surface area contributed by atoms with E-state index in [1.165, 1.54) is 0 Å². The molecule has 0 aliphatic heterocycles. The van der Waals surface area contributed by atoms with E-state index in [-0.39, 0.29) is 24.6 Å². The monoisotopic (exact) mass is 434 g/mol. The summed E-state index contributed by atoms with van der Waals surface area (Å²) in [6.07, 6.45) is 0. The van der Waals surface area contributed by atoms with Gasteiger partial charge in [-0.2, -0.15) is 0 Å². The molecule has 164 valence electrons. The van der Waals surface area contributed by atoms with Crippen molar-refractivity contribution in [1.82, 2.24) is 30.0 Å². The van der Waals surface area contributed by atoms with Gasteiger partial charge in [0.25, 0.3) is 0 Å². The van der Waals surface area contributed by atoms with E-state index in [0.29, 0.717) is 22.8 Å². The number of carbonyl (C=O) groups excluding carboxylic acids is 2. The summed E-state index contributed by atoms with van der Waals surface area (Å²) in [5.41, 5.74) is 2.81. The molecule has 0 fully saturated rings. The summed E-state index contributed by atoms with van der Waals surface area (Å²) in [4.78, 5) is 24.4. The fourth-order valence-corrected chi connectivity index (χ4v) is 3.55. The Balaban J connectivity index is 1.91. The summed E-state index contributed by atoms with van der Waals surface area (Å²) >= 11 is 0. The summed E-state index contributed by atoms with van der Waals surface area (Å²) in [7, 11) is 0. The van der Waals surface area contributed by atoms with E-state index in [1.54, 1.807) is 37.1 Å². The van der Waals surface area contributed by atoms with Crippen LogP contribution in [0, 0.1) is 13.8 Å². The zero-order valence-corrected chi connectivity index (χ0v) is 18.2. The second-order valence-electron chi connectivity index (χ2n) is 6.96. The van der Waals surface area contributed by atoms with Gasteiger partial charge in [-0.15, -0.1) is 10.2 Å². The fourth-order valence-electron chi connectivity index (χ4n) is 3.55. The molecule has 10 nitrogen and oxygen atoms in total. The molecule has 0 aliphatic carbocycles. The van der Waals surface area contributed by atoms with E-state index in [0.717, 1.165) is 10.8 Å². The highest BCUT2D eigenvalue weighted by Crippen LogP contribution is 2.30. The molecular formula is C22H22N6O4. The first-order valence-corrected chi connectivity index (χ1v) is 10.2. The Bertz CT molecular complexity index is 1230. The summed E-state index contributed by atoms with van der Waals surface area (Å²) in [6.45, 7) is 7.48. The molecule has 2 aromatic heterocycles. The highest BCUT2D eigenvalue weighted by Gasteiger charge is 2.23. The molecule has 0 saturated heterocycles. The average Bonchev–Trinajstić information content (AvgIpc) is 3.36. The predicted molar refractivity (Wildman–Crippen MR) is 115 cm³/mol. The minimum Gasteiger partial charge on any atom is -0.461 e. The van der Waals surface area contributed by atoms with Crippen LogP contribution in [-0.4, -0.2) is 55.1 Å². The van der Waals surface area contributed by atoms with Crippen molar-refractivity contribution in [3.05, 3.63) is 59.2 Å². The standard InChI is InChI=1S/C22H22N6O4/c1-5-31-21(29)19-13(3)27(25-23-19)16-11-7-9-15-10-8-12-17(18(15)16)28-14(4)20(24-26-28)22(30)32-6-2/h7-12H,5-6H2,1-4H3. The number of carbonyl (C=O) groups is 2. The Morgan fingerprint density at radius 3 is 1.62 bits per heavy atom. The maximum atomic E-state index is 12.2. The number of ether oxygens (including phenoxy) is 2. The number of benzene rings is 2. The van der Waals surface area contributed by atoms with Gasteiger partial charge in [0.1, 0.15) is 0 Å². The Kier molecular flexibility index (Phi) is 5.67. The Morgan fingerprint density at radius 1 is 0.781 bits per heavy atom. The molecule has 0 bridgehead atoms. The van der Waals surface area contributed by atoms with Gasteiger partial charge in [0.05, 0.1) is 36.0 Å². The van der Waals surface area contributed by atoms with Crippen LogP contribution < -0.4 is 0 Å². The summed E-state index contributed by atoms with van der Waals surface area (Å²) in [6, 6.07) is 11.5. The number of hydrogen-bond acceptors (Lipinski definition) is 8. The first-order chi connectivity index (χ1) is 15.5. The lowest BCUT2D eigenvalue weighted by atomic mass is 10.1. The summed E-state index contributed by atoms with van der Waals surface area (Å²) in [5.74, 6) is -1.05. The molecule has 0 N–H and O–H groups in total. The molecule has 2 heterocycles. The largest absolute Gasteiger partial charge is 0.461 e. The zero-order valence-electron chi connectivity index (χ0n) is 18.2. The lowest BCUT2D eigenvalue weighted by Crippen LogP contribution is -2.09. The maximum absolute atomic E-state index is 12.2. The van der Waals surface area contributed by atoms with Crippen LogP contribution in [0.15, 0.2) is 36.4 Å². The smallest absolute Gasteiger partial charge is 0.360 e. The van der Waals surface area contributed by atoms with E-state index >= 15 is 0 Å². The third-order valence-corrected chi connectivity index (χ3v) is 5.04. The van der Waals surface area contributed by atoms with E-state index in [1.807, 2.05) is 36.4 Å². The summed E-state index contributed by atoms with van der Waals surface area (Å²) in [5, 5.41) is 18.2. The molecule has 0 aliphatic rings. The van der Waals surface area contributed by atoms with Crippen LogP contribution in [0.1, 0.15) is 46.2 Å². The fraction of sp³-hybridized carbons (Fsp3) is 0.273. The van der Waals surface area contributed by atoms with Gasteiger partial charge in [-0.05, 0) is 45.2 Å². The number of aromatic nitrogens is 6. The van der Waals surface area contributed by atoms with Crippen LogP contribution in [0.2, 0.25) is 0 Å². The van der Waals surface area contributed by atoms with Crippen molar-refractivity contribution in [2.75, 3.05) is 13.2 Å². The van der Waals surface area contributed by atoms with Crippen LogP contribution in [0.5, 0.6) is 0 Å². The molecule has 0 atom stereocenters. The van der Waals surface area contributed by atoms with Crippen LogP contribution in [0.4, 0.5) is 0 Å². The second-order valence-corrected chi connectivity index (χ2v) is 6.96. The van der Waals surface area contributed by atoms with E-state index < -0.39 is 11.9 Å². The topological polar surface area (TPSA) is 114 Å². The molecule has 10 heteroatoms. The van der Waals surface area contributed by atoms with Crippen molar-refractivity contribution in [3.63, 3.8) is 0 Å². The molecule has 32 heavy (non-hydrogen) atoms. The van der Waals surface area contributed by atoms with Crippen molar-refractivity contribution in [3.8, 4) is 11.4 Å². The van der Waals surface area contributed by atoms with Crippen molar-refractivity contribution in [1.29, 1.82) is 0 Å². The molecule has 2 aromatic carbocycles. The first kappa shape index (κ1) is 21.2. The minimum absolute atomic E-state index is 0.155. The SMILES string of the molecule is CCOC(=O)c1nnn(-c2cccc3cccc(-n4nnc(C(=O)OCC)c4C)c23)c1C. The van der Waals surface area contributed by atoms with E-state index in [4.69, 9.17) is 9.47 Å². The van der Waals surface area contributed by atoms with Crippen molar-refractivity contribution < 1.29 is 19.1 Å². The number of nitrogens with zero attached hydrogens (tertiary/aromatic N) is 6. The minimum atomic E-state index is -0.525. The second kappa shape index (κ2) is 8.58. The molecule has 0 saturated carbocycles. The third-order valence-electron chi connectivity index (χ3n) is 5.04. The maximum Gasteiger partial charge on any atom is 0.360 e. The van der Waals surface area contributed by atoms with Gasteiger partial charge in [-0.3, -0.25) is 0 Å². The van der Waals surface area contributed by atoms with Crippen molar-refractivity contribution in [2.45, 2.75) is 27.7 Å². The Morgan fingerprint density at radius 2 is 1.22 bits per heavy atom. The van der Waals surface area contributed by atoms with Crippen molar-refractivity contribution in [2.24, 2.45) is 0 Å². The normalized spacial score (nSPS) is 11.0. The van der Waals surface area contributed by atoms with E-state index in [2.05, 4.69) is 20.6 Å². The Labute approximate surface area is 183 Å². The number of rotatable bonds is 6. The van der Waals surface area contributed by atoms with Gasteiger partial charge in [0, 0.05) is 5.39 Å². The lowest BCUT2D eigenvalue weighted by molar-refractivity contribution is 0.0509.